The third-order valence-corrected chi connectivity index (χ3v) is 10.9. The van der Waals surface area contributed by atoms with Crippen molar-refractivity contribution in [2.45, 2.75) is 31.9 Å². The number of nitrogens with zero attached hydrogens (tertiary/aromatic N) is 2. The number of benzene rings is 2. The number of hydrogen-bond acceptors (Lipinski definition) is 9. The van der Waals surface area contributed by atoms with Crippen molar-refractivity contribution in [1.82, 2.24) is 9.88 Å². The molecule has 3 N–H and O–H groups in total. The highest BCUT2D eigenvalue weighted by Gasteiger charge is 2.55. The van der Waals surface area contributed by atoms with Crippen molar-refractivity contribution in [3.63, 3.8) is 0 Å². The molecular formula is C38H37IN2O7S. The lowest BCUT2D eigenvalue weighted by Gasteiger charge is -2.36. The summed E-state index contributed by atoms with van der Waals surface area (Å²) < 4.78 is 12.1. The van der Waals surface area contributed by atoms with Crippen molar-refractivity contribution in [2.75, 3.05) is 20.3 Å². The van der Waals surface area contributed by atoms with Gasteiger partial charge in [-0.3, -0.25) is 19.5 Å². The van der Waals surface area contributed by atoms with Crippen LogP contribution in [-0.4, -0.2) is 63.4 Å². The molecule has 0 unspecified atom stereocenters. The summed E-state index contributed by atoms with van der Waals surface area (Å²) in [6, 6.07) is 22.3. The molecule has 2 aliphatic rings. The Morgan fingerprint density at radius 2 is 1.90 bits per heavy atom. The molecule has 0 spiro atoms. The molecule has 1 fully saturated rings. The number of aromatic nitrogens is 1. The zero-order chi connectivity index (χ0) is 34.5. The average Bonchev–Trinajstić information content (AvgIpc) is 3.73. The number of hydrogen-bond donors (Lipinski definition) is 3. The second-order valence-corrected chi connectivity index (χ2v) is 14.3. The van der Waals surface area contributed by atoms with Crippen LogP contribution in [0.1, 0.15) is 35.4 Å². The summed E-state index contributed by atoms with van der Waals surface area (Å²) in [6.07, 6.45) is 3.53. The van der Waals surface area contributed by atoms with Crippen LogP contribution in [0, 0.1) is 21.3 Å². The molecule has 1 aliphatic carbocycles. The van der Waals surface area contributed by atoms with Crippen LogP contribution in [0.5, 0.6) is 17.2 Å². The number of fused-ring (bicyclic) bond motifs is 1. The quantitative estimate of drug-likeness (QED) is 0.0815. The monoisotopic (exact) mass is 792 g/mol. The molecule has 1 aliphatic heterocycles. The standard InChI is InChI=1S/C38H37IN2O7S/c1-47-33-18-23(17-30(39)36(33)44)16-24(31-11-5-6-14-40-31)12-13-32(43)34-25(22-48-26-8-3-2-4-9-26)19-28-35(29(34)21-42)38(46)41(37(28)45)20-27-10-7-15-49-27/h2-11,14-18,28-29,32,35,42-44H,12-13,19-22H2,1H3/b24-16-/t28-,29+,32-,35-/m1/s1. The van der Waals surface area contributed by atoms with Crippen LogP contribution in [0.2, 0.25) is 0 Å². The maximum Gasteiger partial charge on any atom is 0.234 e. The molecule has 2 amide bonds. The van der Waals surface area contributed by atoms with Gasteiger partial charge in [0.2, 0.25) is 11.8 Å². The zero-order valence-electron chi connectivity index (χ0n) is 26.9. The number of para-hydroxylation sites is 1. The Kier molecular flexibility index (Phi) is 11.1. The van der Waals surface area contributed by atoms with Crippen molar-refractivity contribution in [3.8, 4) is 17.2 Å². The number of aromatic hydroxyl groups is 1. The number of halogens is 1. The molecule has 0 saturated carbocycles. The molecule has 0 radical (unpaired) electrons. The summed E-state index contributed by atoms with van der Waals surface area (Å²) in [5.74, 6) is -1.71. The van der Waals surface area contributed by atoms with E-state index in [1.54, 1.807) is 12.3 Å². The molecule has 4 aromatic rings. The molecule has 6 rings (SSSR count). The number of carbonyl (C=O) groups is 2. The lowest BCUT2D eigenvalue weighted by molar-refractivity contribution is -0.140. The van der Waals surface area contributed by atoms with Crippen LogP contribution in [0.15, 0.2) is 95.5 Å². The number of carbonyl (C=O) groups excluding carboxylic acids is 2. The molecule has 254 valence electrons. The number of allylic oxidation sites excluding steroid dienone is 1. The van der Waals surface area contributed by atoms with Crippen molar-refractivity contribution in [1.29, 1.82) is 0 Å². The second-order valence-electron chi connectivity index (χ2n) is 12.1. The molecule has 9 nitrogen and oxygen atoms in total. The van der Waals surface area contributed by atoms with Crippen molar-refractivity contribution in [3.05, 3.63) is 115 Å². The predicted molar refractivity (Wildman–Crippen MR) is 196 cm³/mol. The largest absolute Gasteiger partial charge is 0.504 e. The number of aliphatic hydroxyl groups excluding tert-OH is 2. The van der Waals surface area contributed by atoms with Crippen molar-refractivity contribution in [2.24, 2.45) is 17.8 Å². The van der Waals surface area contributed by atoms with Gasteiger partial charge in [0.25, 0.3) is 0 Å². The normalized spacial score (nSPS) is 20.0. The van der Waals surface area contributed by atoms with E-state index in [0.29, 0.717) is 27.1 Å². The number of phenols is 1. The lowest BCUT2D eigenvalue weighted by atomic mass is 9.68. The van der Waals surface area contributed by atoms with Gasteiger partial charge in [0.05, 0.1) is 47.5 Å². The van der Waals surface area contributed by atoms with E-state index in [1.807, 2.05) is 78.2 Å². The van der Waals surface area contributed by atoms with Gasteiger partial charge < -0.3 is 24.8 Å². The van der Waals surface area contributed by atoms with Gasteiger partial charge in [-0.25, -0.2) is 0 Å². The number of rotatable bonds is 13. The maximum absolute atomic E-state index is 13.9. The number of phenolic OH excluding ortho intramolecular Hbond substituents is 1. The molecule has 0 bridgehead atoms. The van der Waals surface area contributed by atoms with Gasteiger partial charge >= 0.3 is 0 Å². The summed E-state index contributed by atoms with van der Waals surface area (Å²) in [6.45, 7) is -0.104. The fourth-order valence-electron chi connectivity index (χ4n) is 6.87. The Labute approximate surface area is 302 Å². The highest BCUT2D eigenvalue weighted by atomic mass is 127. The third-order valence-electron chi connectivity index (χ3n) is 9.17. The first-order chi connectivity index (χ1) is 23.8. The summed E-state index contributed by atoms with van der Waals surface area (Å²) in [7, 11) is 1.50. The van der Waals surface area contributed by atoms with E-state index in [9.17, 15) is 24.9 Å². The minimum Gasteiger partial charge on any atom is -0.504 e. The van der Waals surface area contributed by atoms with Gasteiger partial charge in [-0.05, 0) is 118 Å². The SMILES string of the molecule is COc1cc(/C=C(/CC[C@@H](O)C2=C(COc3ccccc3)C[C@H]3C(=O)N(Cc4cccs4)C(=O)[C@H]3[C@H]2CO)c2ccccn2)cc(I)c1O. The first kappa shape index (κ1) is 34.8. The van der Waals surface area contributed by atoms with E-state index in [0.717, 1.165) is 27.3 Å². The van der Waals surface area contributed by atoms with E-state index < -0.39 is 30.5 Å². The number of ether oxygens (including phenoxy) is 2. The van der Waals surface area contributed by atoms with Crippen LogP contribution in [-0.2, 0) is 16.1 Å². The topological polar surface area (TPSA) is 129 Å². The smallest absolute Gasteiger partial charge is 0.234 e. The van der Waals surface area contributed by atoms with Gasteiger partial charge in [-0.1, -0.05) is 30.3 Å². The lowest BCUT2D eigenvalue weighted by Crippen LogP contribution is -2.40. The first-order valence-corrected chi connectivity index (χ1v) is 18.0. The average molecular weight is 793 g/mol. The second kappa shape index (κ2) is 15.7. The van der Waals surface area contributed by atoms with E-state index in [2.05, 4.69) is 27.6 Å². The molecule has 2 aromatic carbocycles. The predicted octanol–water partition coefficient (Wildman–Crippen LogP) is 6.33. The molecule has 49 heavy (non-hydrogen) atoms. The summed E-state index contributed by atoms with van der Waals surface area (Å²) in [5, 5.41) is 35.1. The third kappa shape index (κ3) is 7.59. The van der Waals surface area contributed by atoms with Gasteiger partial charge in [0, 0.05) is 17.0 Å². The minimum atomic E-state index is -1.04. The van der Waals surface area contributed by atoms with Gasteiger partial charge in [-0.15, -0.1) is 11.3 Å². The van der Waals surface area contributed by atoms with Gasteiger partial charge in [-0.2, -0.15) is 0 Å². The van der Waals surface area contributed by atoms with Crippen LogP contribution in [0.3, 0.4) is 0 Å². The number of pyridine rings is 1. The highest BCUT2D eigenvalue weighted by molar-refractivity contribution is 14.1. The number of amides is 2. The summed E-state index contributed by atoms with van der Waals surface area (Å²) >= 11 is 3.53. The number of methoxy groups -OCH3 is 1. The fraction of sp³-hybridized carbons (Fsp3) is 0.289. The Balaban J connectivity index is 1.32. The number of likely N-dealkylation sites (tertiary alicyclic amines) is 1. The highest BCUT2D eigenvalue weighted by Crippen LogP contribution is 2.47. The zero-order valence-corrected chi connectivity index (χ0v) is 29.8. The van der Waals surface area contributed by atoms with Crippen LogP contribution >= 0.6 is 33.9 Å². The van der Waals surface area contributed by atoms with E-state index in [4.69, 9.17) is 9.47 Å². The molecule has 2 aromatic heterocycles. The Bertz CT molecular complexity index is 1850. The van der Waals surface area contributed by atoms with Gasteiger partial charge in [0.1, 0.15) is 12.4 Å². The van der Waals surface area contributed by atoms with Crippen LogP contribution in [0.25, 0.3) is 11.6 Å². The van der Waals surface area contributed by atoms with Crippen LogP contribution in [0.4, 0.5) is 0 Å². The van der Waals surface area contributed by atoms with E-state index in [1.165, 1.54) is 23.3 Å². The number of thiophene rings is 1. The Morgan fingerprint density at radius 3 is 2.59 bits per heavy atom. The van der Waals surface area contributed by atoms with E-state index >= 15 is 0 Å². The molecule has 11 heteroatoms. The Hall–Kier alpha value is -4.04. The first-order valence-electron chi connectivity index (χ1n) is 16.0. The summed E-state index contributed by atoms with van der Waals surface area (Å²) in [5.41, 5.74) is 3.63. The number of imide groups is 1. The minimum absolute atomic E-state index is 0.0618. The fourth-order valence-corrected chi connectivity index (χ4v) is 8.19. The van der Waals surface area contributed by atoms with Gasteiger partial charge in [0.15, 0.2) is 11.5 Å². The molecule has 3 heterocycles. The molecule has 4 atom stereocenters. The van der Waals surface area contributed by atoms with E-state index in [-0.39, 0.29) is 43.6 Å². The number of aliphatic hydroxyl groups is 2. The summed E-state index contributed by atoms with van der Waals surface area (Å²) in [4.78, 5) is 34.4. The molecular weight excluding hydrogens is 755 g/mol. The van der Waals surface area contributed by atoms with Crippen molar-refractivity contribution < 1.29 is 34.4 Å². The van der Waals surface area contributed by atoms with Crippen molar-refractivity contribution >= 4 is 57.4 Å². The van der Waals surface area contributed by atoms with Crippen LogP contribution < -0.4 is 9.47 Å². The maximum atomic E-state index is 13.9. The Morgan fingerprint density at radius 1 is 1.10 bits per heavy atom. The molecule has 1 saturated heterocycles.